The van der Waals surface area contributed by atoms with Gasteiger partial charge in [0.05, 0.1) is 0 Å². The minimum Gasteiger partial charge on any atom is -0.354 e. The predicted molar refractivity (Wildman–Crippen MR) is 85.2 cm³/mol. The molecule has 0 aromatic carbocycles. The third-order valence-corrected chi connectivity index (χ3v) is 3.79. The van der Waals surface area contributed by atoms with Crippen molar-refractivity contribution in [3.05, 3.63) is 23.4 Å². The second-order valence-electron chi connectivity index (χ2n) is 6.30. The Bertz CT molecular complexity index is 422. The fraction of sp³-hybridized carbons (Fsp3) is 0.688. The van der Waals surface area contributed by atoms with E-state index in [0.29, 0.717) is 5.92 Å². The largest absolute Gasteiger partial charge is 0.354 e. The number of aromatic nitrogens is 1. The second-order valence-corrected chi connectivity index (χ2v) is 6.30. The summed E-state index contributed by atoms with van der Waals surface area (Å²) in [7, 11) is 2.18. The van der Waals surface area contributed by atoms with Gasteiger partial charge in [0.25, 0.3) is 0 Å². The molecule has 0 amide bonds. The van der Waals surface area contributed by atoms with Gasteiger partial charge in [0.15, 0.2) is 0 Å². The van der Waals surface area contributed by atoms with Crippen molar-refractivity contribution >= 4 is 5.82 Å². The molecule has 0 aliphatic carbocycles. The van der Waals surface area contributed by atoms with Crippen molar-refractivity contribution in [1.82, 2.24) is 15.2 Å². The van der Waals surface area contributed by atoms with E-state index in [9.17, 15) is 0 Å². The zero-order chi connectivity index (χ0) is 14.5. The molecule has 4 heteroatoms. The lowest BCUT2D eigenvalue weighted by molar-refractivity contribution is 0.312. The Hall–Kier alpha value is -1.13. The van der Waals surface area contributed by atoms with Crippen LogP contribution in [-0.2, 0) is 6.54 Å². The monoisotopic (exact) mass is 276 g/mol. The van der Waals surface area contributed by atoms with Crippen LogP contribution in [0.15, 0.2) is 12.3 Å². The Morgan fingerprint density at radius 1 is 1.25 bits per heavy atom. The molecule has 112 valence electrons. The number of aryl methyl sites for hydroxylation is 1. The van der Waals surface area contributed by atoms with Crippen LogP contribution in [-0.4, -0.2) is 49.7 Å². The summed E-state index contributed by atoms with van der Waals surface area (Å²) in [6, 6.07) is 2.27. The third-order valence-electron chi connectivity index (χ3n) is 3.79. The maximum atomic E-state index is 4.69. The van der Waals surface area contributed by atoms with Crippen molar-refractivity contribution in [3.63, 3.8) is 0 Å². The zero-order valence-electron chi connectivity index (χ0n) is 13.3. The first-order valence-corrected chi connectivity index (χ1v) is 7.66. The van der Waals surface area contributed by atoms with Gasteiger partial charge in [0.1, 0.15) is 5.82 Å². The summed E-state index contributed by atoms with van der Waals surface area (Å²) >= 11 is 0. The number of piperazine rings is 1. The highest BCUT2D eigenvalue weighted by molar-refractivity contribution is 5.47. The van der Waals surface area contributed by atoms with E-state index >= 15 is 0 Å². The first-order valence-electron chi connectivity index (χ1n) is 7.66. The van der Waals surface area contributed by atoms with E-state index in [0.717, 1.165) is 45.1 Å². The van der Waals surface area contributed by atoms with Crippen LogP contribution in [0.4, 0.5) is 5.82 Å². The molecule has 0 bridgehead atoms. The highest BCUT2D eigenvalue weighted by Crippen LogP contribution is 2.19. The quantitative estimate of drug-likeness (QED) is 0.890. The van der Waals surface area contributed by atoms with E-state index < -0.39 is 0 Å². The van der Waals surface area contributed by atoms with Crippen molar-refractivity contribution in [2.75, 3.05) is 44.7 Å². The maximum Gasteiger partial charge on any atom is 0.131 e. The molecule has 1 aromatic heterocycles. The molecule has 4 nitrogen and oxygen atoms in total. The molecule has 2 heterocycles. The Morgan fingerprint density at radius 3 is 2.55 bits per heavy atom. The molecule has 0 atom stereocenters. The van der Waals surface area contributed by atoms with Crippen LogP contribution in [0.5, 0.6) is 0 Å². The molecule has 1 N–H and O–H groups in total. The van der Waals surface area contributed by atoms with Crippen LogP contribution in [0.2, 0.25) is 0 Å². The van der Waals surface area contributed by atoms with Crippen molar-refractivity contribution in [1.29, 1.82) is 0 Å². The summed E-state index contributed by atoms with van der Waals surface area (Å²) in [5, 5.41) is 3.47. The molecule has 1 aliphatic heterocycles. The zero-order valence-corrected chi connectivity index (χ0v) is 13.3. The van der Waals surface area contributed by atoms with Crippen molar-refractivity contribution < 1.29 is 0 Å². The van der Waals surface area contributed by atoms with Gasteiger partial charge >= 0.3 is 0 Å². The number of nitrogens with one attached hydrogen (secondary N) is 1. The Morgan fingerprint density at radius 2 is 1.95 bits per heavy atom. The molecule has 0 saturated carbocycles. The lowest BCUT2D eigenvalue weighted by Gasteiger charge is -2.34. The van der Waals surface area contributed by atoms with Crippen molar-refractivity contribution in [2.45, 2.75) is 27.3 Å². The summed E-state index contributed by atoms with van der Waals surface area (Å²) in [5.74, 6) is 1.85. The van der Waals surface area contributed by atoms with E-state index in [-0.39, 0.29) is 0 Å². The van der Waals surface area contributed by atoms with Gasteiger partial charge in [-0.25, -0.2) is 4.98 Å². The van der Waals surface area contributed by atoms with E-state index in [2.05, 4.69) is 49.0 Å². The predicted octanol–water partition coefficient (Wildman–Crippen LogP) is 1.89. The van der Waals surface area contributed by atoms with Gasteiger partial charge in [-0.15, -0.1) is 0 Å². The van der Waals surface area contributed by atoms with E-state index in [1.54, 1.807) is 0 Å². The van der Waals surface area contributed by atoms with Crippen LogP contribution >= 0.6 is 0 Å². The molecule has 0 radical (unpaired) electrons. The summed E-state index contributed by atoms with van der Waals surface area (Å²) in [5.41, 5.74) is 2.57. The number of likely N-dealkylation sites (N-methyl/N-ethyl adjacent to an activating group) is 1. The first kappa shape index (κ1) is 15.3. The fourth-order valence-corrected chi connectivity index (χ4v) is 2.58. The lowest BCUT2D eigenvalue weighted by atomic mass is 10.1. The van der Waals surface area contributed by atoms with Crippen LogP contribution < -0.4 is 10.2 Å². The maximum absolute atomic E-state index is 4.69. The SMILES string of the molecule is Cc1cc(CNCC(C)C)cnc1N1CCN(C)CC1. The minimum atomic E-state index is 0.689. The molecule has 0 spiro atoms. The van der Waals surface area contributed by atoms with Gasteiger partial charge < -0.3 is 15.1 Å². The normalized spacial score (nSPS) is 16.9. The topological polar surface area (TPSA) is 31.4 Å². The van der Waals surface area contributed by atoms with Gasteiger partial charge in [-0.05, 0) is 43.6 Å². The Labute approximate surface area is 123 Å². The lowest BCUT2D eigenvalue weighted by Crippen LogP contribution is -2.45. The highest BCUT2D eigenvalue weighted by atomic mass is 15.3. The number of anilines is 1. The smallest absolute Gasteiger partial charge is 0.131 e. The van der Waals surface area contributed by atoms with Gasteiger partial charge in [-0.1, -0.05) is 13.8 Å². The molecular weight excluding hydrogens is 248 g/mol. The number of hydrogen-bond donors (Lipinski definition) is 1. The number of nitrogens with zero attached hydrogens (tertiary/aromatic N) is 3. The van der Waals surface area contributed by atoms with E-state index in [1.165, 1.54) is 11.1 Å². The summed E-state index contributed by atoms with van der Waals surface area (Å²) < 4.78 is 0. The second kappa shape index (κ2) is 7.04. The van der Waals surface area contributed by atoms with Gasteiger partial charge in [-0.3, -0.25) is 0 Å². The third kappa shape index (κ3) is 4.18. The first-order chi connectivity index (χ1) is 9.56. The van der Waals surface area contributed by atoms with E-state index in [4.69, 9.17) is 4.98 Å². The molecule has 1 aliphatic rings. The molecule has 1 fully saturated rings. The fourth-order valence-electron chi connectivity index (χ4n) is 2.58. The van der Waals surface area contributed by atoms with Crippen LogP contribution in [0, 0.1) is 12.8 Å². The van der Waals surface area contributed by atoms with E-state index in [1.807, 2.05) is 6.20 Å². The molecule has 2 rings (SSSR count). The summed E-state index contributed by atoms with van der Waals surface area (Å²) in [6.07, 6.45) is 2.02. The van der Waals surface area contributed by atoms with Crippen LogP contribution in [0.25, 0.3) is 0 Å². The molecule has 1 saturated heterocycles. The van der Waals surface area contributed by atoms with Crippen LogP contribution in [0.1, 0.15) is 25.0 Å². The van der Waals surface area contributed by atoms with Crippen LogP contribution in [0.3, 0.4) is 0 Å². The van der Waals surface area contributed by atoms with Gasteiger partial charge in [0.2, 0.25) is 0 Å². The highest BCUT2D eigenvalue weighted by Gasteiger charge is 2.16. The average molecular weight is 276 g/mol. The van der Waals surface area contributed by atoms with Crippen molar-refractivity contribution in [3.8, 4) is 0 Å². The molecule has 20 heavy (non-hydrogen) atoms. The summed E-state index contributed by atoms with van der Waals surface area (Å²) in [6.45, 7) is 13.0. The Balaban J connectivity index is 1.95. The van der Waals surface area contributed by atoms with Crippen molar-refractivity contribution in [2.24, 2.45) is 5.92 Å². The number of rotatable bonds is 5. The molecule has 0 unspecified atom stereocenters. The van der Waals surface area contributed by atoms with Gasteiger partial charge in [-0.2, -0.15) is 0 Å². The summed E-state index contributed by atoms with van der Waals surface area (Å²) in [4.78, 5) is 9.47. The van der Waals surface area contributed by atoms with Gasteiger partial charge in [0, 0.05) is 38.9 Å². The molecular formula is C16H28N4. The Kier molecular flexibility index (Phi) is 5.38. The minimum absolute atomic E-state index is 0.689. The number of hydrogen-bond acceptors (Lipinski definition) is 4. The standard InChI is InChI=1S/C16H28N4/c1-13(2)10-17-11-15-9-14(3)16(18-12-15)20-7-5-19(4)6-8-20/h9,12-13,17H,5-8,10-11H2,1-4H3. The molecule has 1 aromatic rings. The average Bonchev–Trinajstić information content (AvgIpc) is 2.40. The number of pyridine rings is 1.